The molecule has 0 unspecified atom stereocenters. The highest BCUT2D eigenvalue weighted by Gasteiger charge is 2.22. The topological polar surface area (TPSA) is 79.4 Å². The molecule has 4 rings (SSSR count). The predicted octanol–water partition coefficient (Wildman–Crippen LogP) is 6.09. The van der Waals surface area contributed by atoms with Crippen molar-refractivity contribution in [3.05, 3.63) is 115 Å². The summed E-state index contributed by atoms with van der Waals surface area (Å²) < 4.78 is 26.9. The molecule has 0 fully saturated rings. The van der Waals surface area contributed by atoms with Gasteiger partial charge in [0.2, 0.25) is 10.0 Å². The van der Waals surface area contributed by atoms with E-state index in [1.54, 1.807) is 0 Å². The highest BCUT2D eigenvalue weighted by molar-refractivity contribution is 7.89. The largest absolute Gasteiger partial charge is 0.298 e. The average molecular weight is 516 g/mol. The molecule has 182 valence electrons. The fourth-order valence-corrected chi connectivity index (χ4v) is 5.68. The Hall–Kier alpha value is -3.85. The number of hydrogen-bond donors (Lipinski definition) is 1. The van der Waals surface area contributed by atoms with Crippen LogP contribution in [0, 0.1) is 0 Å². The molecule has 1 N–H and O–H groups in total. The van der Waals surface area contributed by atoms with Crippen LogP contribution in [0.4, 0.5) is 5.13 Å². The number of carbonyl (C=O) groups excluding carboxylic acids is 1. The molecule has 36 heavy (non-hydrogen) atoms. The number of nitrogens with one attached hydrogen (secondary N) is 1. The zero-order valence-corrected chi connectivity index (χ0v) is 21.1. The lowest BCUT2D eigenvalue weighted by atomic mass is 10.0. The molecular weight excluding hydrogens is 490 g/mol. The molecule has 0 aliphatic carbocycles. The molecule has 0 saturated heterocycles. The van der Waals surface area contributed by atoms with Crippen LogP contribution in [0.1, 0.15) is 10.4 Å². The Morgan fingerprint density at radius 2 is 1.44 bits per heavy atom. The summed E-state index contributed by atoms with van der Waals surface area (Å²) in [6.07, 6.45) is 3.03. The van der Waals surface area contributed by atoms with Crippen LogP contribution >= 0.6 is 11.3 Å². The van der Waals surface area contributed by atoms with Gasteiger partial charge in [-0.1, -0.05) is 66.7 Å². The number of aromatic nitrogens is 1. The van der Waals surface area contributed by atoms with E-state index < -0.39 is 10.0 Å². The van der Waals surface area contributed by atoms with Gasteiger partial charge in [-0.05, 0) is 35.4 Å². The molecule has 1 aromatic heterocycles. The fourth-order valence-electron chi connectivity index (χ4n) is 3.58. The van der Waals surface area contributed by atoms with Crippen LogP contribution in [0.15, 0.2) is 114 Å². The summed E-state index contributed by atoms with van der Waals surface area (Å²) in [5.41, 5.74) is 4.30. The van der Waals surface area contributed by atoms with Crippen molar-refractivity contribution >= 4 is 32.4 Å². The van der Waals surface area contributed by atoms with Crippen LogP contribution in [0.5, 0.6) is 0 Å². The van der Waals surface area contributed by atoms with E-state index in [-0.39, 0.29) is 23.9 Å². The van der Waals surface area contributed by atoms with Crippen LogP contribution in [-0.4, -0.2) is 36.7 Å². The highest BCUT2D eigenvalue weighted by atomic mass is 32.2. The number of nitrogens with zero attached hydrogens (tertiary/aromatic N) is 2. The number of hydrogen-bond acceptors (Lipinski definition) is 5. The Labute approximate surface area is 215 Å². The van der Waals surface area contributed by atoms with Crippen LogP contribution in [0.25, 0.3) is 22.4 Å². The van der Waals surface area contributed by atoms with Gasteiger partial charge in [0.25, 0.3) is 5.91 Å². The minimum absolute atomic E-state index is 0.0956. The van der Waals surface area contributed by atoms with Crippen LogP contribution in [0.3, 0.4) is 0 Å². The molecule has 0 radical (unpaired) electrons. The van der Waals surface area contributed by atoms with Gasteiger partial charge >= 0.3 is 0 Å². The lowest BCUT2D eigenvalue weighted by molar-refractivity contribution is 0.102. The van der Waals surface area contributed by atoms with Crippen molar-refractivity contribution < 1.29 is 13.2 Å². The van der Waals surface area contributed by atoms with Crippen molar-refractivity contribution in [2.24, 2.45) is 0 Å². The summed E-state index contributed by atoms with van der Waals surface area (Å²) in [6, 6.07) is 24.0. The van der Waals surface area contributed by atoms with Crippen molar-refractivity contribution in [1.82, 2.24) is 9.29 Å². The average Bonchev–Trinajstić information content (AvgIpc) is 3.37. The van der Waals surface area contributed by atoms with Gasteiger partial charge in [-0.2, -0.15) is 4.31 Å². The summed E-state index contributed by atoms with van der Waals surface area (Å²) in [5, 5.41) is 5.13. The Morgan fingerprint density at radius 3 is 2.06 bits per heavy atom. The number of sulfonamides is 1. The zero-order valence-electron chi connectivity index (χ0n) is 19.5. The molecule has 6 nitrogen and oxygen atoms in total. The molecule has 0 aliphatic rings. The van der Waals surface area contributed by atoms with E-state index >= 15 is 0 Å². The number of anilines is 1. The van der Waals surface area contributed by atoms with Crippen molar-refractivity contribution in [2.45, 2.75) is 4.90 Å². The summed E-state index contributed by atoms with van der Waals surface area (Å²) >= 11 is 1.33. The van der Waals surface area contributed by atoms with E-state index in [2.05, 4.69) is 35.6 Å². The van der Waals surface area contributed by atoms with E-state index in [4.69, 9.17) is 0 Å². The first-order valence-electron chi connectivity index (χ1n) is 11.2. The van der Waals surface area contributed by atoms with E-state index in [0.717, 1.165) is 22.4 Å². The first kappa shape index (κ1) is 25.2. The molecule has 0 atom stereocenters. The van der Waals surface area contributed by atoms with Gasteiger partial charge in [0.1, 0.15) is 0 Å². The Morgan fingerprint density at radius 1 is 0.861 bits per heavy atom. The molecule has 0 aliphatic heterocycles. The number of carbonyl (C=O) groups is 1. The second-order valence-electron chi connectivity index (χ2n) is 7.86. The summed E-state index contributed by atoms with van der Waals surface area (Å²) in [6.45, 7) is 7.54. The van der Waals surface area contributed by atoms with E-state index in [9.17, 15) is 13.2 Å². The Balaban J connectivity index is 1.44. The number of amides is 1. The first-order valence-corrected chi connectivity index (χ1v) is 13.5. The molecule has 4 aromatic rings. The Kier molecular flexibility index (Phi) is 7.90. The molecule has 0 bridgehead atoms. The molecule has 1 amide bonds. The van der Waals surface area contributed by atoms with Crippen LogP contribution in [-0.2, 0) is 10.0 Å². The van der Waals surface area contributed by atoms with Gasteiger partial charge in [-0.15, -0.1) is 24.5 Å². The van der Waals surface area contributed by atoms with Gasteiger partial charge < -0.3 is 0 Å². The van der Waals surface area contributed by atoms with Gasteiger partial charge in [-0.25, -0.2) is 13.4 Å². The maximum absolute atomic E-state index is 12.8. The van der Waals surface area contributed by atoms with Crippen molar-refractivity contribution in [1.29, 1.82) is 0 Å². The maximum Gasteiger partial charge on any atom is 0.257 e. The summed E-state index contributed by atoms with van der Waals surface area (Å²) in [5.74, 6) is -0.367. The van der Waals surface area contributed by atoms with Gasteiger partial charge in [-0.3, -0.25) is 10.1 Å². The lowest BCUT2D eigenvalue weighted by Crippen LogP contribution is -2.31. The van der Waals surface area contributed by atoms with Crippen molar-refractivity contribution in [2.75, 3.05) is 18.4 Å². The molecule has 8 heteroatoms. The monoisotopic (exact) mass is 515 g/mol. The van der Waals surface area contributed by atoms with E-state index in [1.807, 2.05) is 47.8 Å². The Bertz CT molecular complexity index is 1450. The SMILES string of the molecule is C=CCN(CC=C)S(=O)(=O)c1ccc(C(=O)Nc2nc(-c3ccc(-c4ccccc4)cc3)cs2)cc1. The van der Waals surface area contributed by atoms with Gasteiger partial charge in [0.05, 0.1) is 10.6 Å². The molecule has 1 heterocycles. The van der Waals surface area contributed by atoms with E-state index in [1.165, 1.54) is 52.1 Å². The molecular formula is C28H25N3O3S2. The van der Waals surface area contributed by atoms with Crippen molar-refractivity contribution in [3.8, 4) is 22.4 Å². The van der Waals surface area contributed by atoms with Crippen LogP contribution < -0.4 is 5.32 Å². The molecule has 3 aromatic carbocycles. The smallest absolute Gasteiger partial charge is 0.257 e. The molecule has 0 spiro atoms. The summed E-state index contributed by atoms with van der Waals surface area (Å²) in [7, 11) is -3.73. The minimum atomic E-state index is -3.73. The lowest BCUT2D eigenvalue weighted by Gasteiger charge is -2.19. The minimum Gasteiger partial charge on any atom is -0.298 e. The second-order valence-corrected chi connectivity index (χ2v) is 10.7. The zero-order chi connectivity index (χ0) is 25.5. The van der Waals surface area contributed by atoms with Gasteiger partial charge in [0, 0.05) is 29.6 Å². The summed E-state index contributed by atoms with van der Waals surface area (Å²) in [4.78, 5) is 17.4. The normalized spacial score (nSPS) is 11.2. The maximum atomic E-state index is 12.8. The standard InChI is InChI=1S/C28H25N3O3S2/c1-3-18-31(19-4-2)36(33,34)25-16-14-24(15-17-25)27(32)30-28-29-26(20-35-28)23-12-10-22(11-13-23)21-8-6-5-7-9-21/h3-17,20H,1-2,18-19H2,(H,29,30,32). The second kappa shape index (κ2) is 11.3. The number of rotatable bonds is 10. The third kappa shape index (κ3) is 5.68. The third-order valence-electron chi connectivity index (χ3n) is 5.43. The fraction of sp³-hybridized carbons (Fsp3) is 0.0714. The number of thiazole rings is 1. The third-order valence-corrected chi connectivity index (χ3v) is 8.04. The van der Waals surface area contributed by atoms with Gasteiger partial charge in [0.15, 0.2) is 5.13 Å². The molecule has 0 saturated carbocycles. The van der Waals surface area contributed by atoms with Crippen molar-refractivity contribution in [3.63, 3.8) is 0 Å². The number of benzene rings is 3. The predicted molar refractivity (Wildman–Crippen MR) is 147 cm³/mol. The van der Waals surface area contributed by atoms with E-state index in [0.29, 0.717) is 10.7 Å². The quantitative estimate of drug-likeness (QED) is 0.259. The van der Waals surface area contributed by atoms with Crippen LogP contribution in [0.2, 0.25) is 0 Å². The highest BCUT2D eigenvalue weighted by Crippen LogP contribution is 2.28. The first-order chi connectivity index (χ1) is 17.4.